The van der Waals surface area contributed by atoms with Gasteiger partial charge in [-0.3, -0.25) is 0 Å². The molecule has 0 amide bonds. The van der Waals surface area contributed by atoms with E-state index in [0.29, 0.717) is 5.16 Å². The largest absolute Gasteiger partial charge is 0.480 e. The summed E-state index contributed by atoms with van der Waals surface area (Å²) >= 11 is 1.31. The third kappa shape index (κ3) is 2.30. The summed E-state index contributed by atoms with van der Waals surface area (Å²) in [5.41, 5.74) is 5.66. The minimum absolute atomic E-state index is 0.0535. The van der Waals surface area contributed by atoms with Crippen LogP contribution in [0, 0.1) is 0 Å². The highest BCUT2D eigenvalue weighted by Gasteiger charge is 2.20. The molecule has 0 fully saturated rings. The van der Waals surface area contributed by atoms with Crippen molar-refractivity contribution in [3.8, 4) is 5.88 Å². The van der Waals surface area contributed by atoms with Gasteiger partial charge in [-0.2, -0.15) is 4.98 Å². The lowest BCUT2D eigenvalue weighted by molar-refractivity contribution is 0.0596. The average molecular weight is 229 g/mol. The van der Waals surface area contributed by atoms with Crippen molar-refractivity contribution in [2.75, 3.05) is 26.2 Å². The molecule has 15 heavy (non-hydrogen) atoms. The number of nitrogens with zero attached hydrogens (tertiary/aromatic N) is 2. The summed E-state index contributed by atoms with van der Waals surface area (Å²) in [6.07, 6.45) is 1.80. The molecule has 1 aromatic rings. The SMILES string of the molecule is COC(=O)c1c(N)nc(SC)nc1OC. The minimum atomic E-state index is -0.614. The molecule has 7 heteroatoms. The highest BCUT2D eigenvalue weighted by Crippen LogP contribution is 2.24. The van der Waals surface area contributed by atoms with Crippen LogP contribution in [0.25, 0.3) is 0 Å². The Balaban J connectivity index is 3.30. The third-order valence-corrected chi connectivity index (χ3v) is 2.20. The zero-order valence-corrected chi connectivity index (χ0v) is 9.42. The van der Waals surface area contributed by atoms with E-state index >= 15 is 0 Å². The van der Waals surface area contributed by atoms with Crippen LogP contribution in [0.4, 0.5) is 5.82 Å². The Morgan fingerprint density at radius 3 is 2.53 bits per heavy atom. The van der Waals surface area contributed by atoms with E-state index in [1.54, 1.807) is 6.26 Å². The summed E-state index contributed by atoms with van der Waals surface area (Å²) in [6, 6.07) is 0. The molecule has 1 rings (SSSR count). The van der Waals surface area contributed by atoms with Crippen molar-refractivity contribution in [3.63, 3.8) is 0 Å². The Labute approximate surface area is 91.2 Å². The predicted molar refractivity (Wildman–Crippen MR) is 56.1 cm³/mol. The summed E-state index contributed by atoms with van der Waals surface area (Å²) in [5, 5.41) is 0.442. The molecule has 0 aromatic carbocycles. The fraction of sp³-hybridized carbons (Fsp3) is 0.375. The number of rotatable bonds is 3. The number of aromatic nitrogens is 2. The first-order valence-corrected chi connectivity index (χ1v) is 5.20. The van der Waals surface area contributed by atoms with E-state index < -0.39 is 5.97 Å². The van der Waals surface area contributed by atoms with Gasteiger partial charge in [0.05, 0.1) is 14.2 Å². The van der Waals surface area contributed by atoms with Crippen molar-refractivity contribution in [1.29, 1.82) is 0 Å². The Hall–Kier alpha value is -1.50. The smallest absolute Gasteiger partial charge is 0.347 e. The quantitative estimate of drug-likeness (QED) is 0.460. The standard InChI is InChI=1S/C8H11N3O3S/c1-13-6-4(7(12)14-2)5(9)10-8(11-6)15-3/h1-3H3,(H2,9,10,11). The van der Waals surface area contributed by atoms with Gasteiger partial charge in [0.25, 0.3) is 0 Å². The second kappa shape index (κ2) is 4.83. The van der Waals surface area contributed by atoms with Gasteiger partial charge in [0.15, 0.2) is 10.7 Å². The van der Waals surface area contributed by atoms with E-state index in [2.05, 4.69) is 14.7 Å². The number of anilines is 1. The minimum Gasteiger partial charge on any atom is -0.480 e. The number of nitrogen functional groups attached to an aromatic ring is 1. The molecular weight excluding hydrogens is 218 g/mol. The van der Waals surface area contributed by atoms with Gasteiger partial charge in [-0.15, -0.1) is 0 Å². The van der Waals surface area contributed by atoms with Crippen LogP contribution in [0.5, 0.6) is 5.88 Å². The van der Waals surface area contributed by atoms with E-state index in [1.165, 1.54) is 26.0 Å². The summed E-state index contributed by atoms with van der Waals surface area (Å²) in [6.45, 7) is 0. The molecule has 0 saturated carbocycles. The summed E-state index contributed by atoms with van der Waals surface area (Å²) in [5.74, 6) is -0.436. The molecule has 0 aliphatic carbocycles. The van der Waals surface area contributed by atoms with Gasteiger partial charge in [0, 0.05) is 0 Å². The van der Waals surface area contributed by atoms with Crippen molar-refractivity contribution in [2.45, 2.75) is 5.16 Å². The maximum atomic E-state index is 11.3. The van der Waals surface area contributed by atoms with E-state index in [-0.39, 0.29) is 17.3 Å². The molecule has 0 saturated heterocycles. The van der Waals surface area contributed by atoms with E-state index in [0.717, 1.165) is 0 Å². The molecule has 1 aromatic heterocycles. The van der Waals surface area contributed by atoms with Crippen LogP contribution < -0.4 is 10.5 Å². The van der Waals surface area contributed by atoms with Crippen LogP contribution in [0.1, 0.15) is 10.4 Å². The molecule has 6 nitrogen and oxygen atoms in total. The van der Waals surface area contributed by atoms with Crippen LogP contribution >= 0.6 is 11.8 Å². The lowest BCUT2D eigenvalue weighted by Crippen LogP contribution is -2.11. The molecule has 0 bridgehead atoms. The number of carbonyl (C=O) groups is 1. The maximum Gasteiger partial charge on any atom is 0.347 e. The molecule has 0 atom stereocenters. The molecule has 0 spiro atoms. The van der Waals surface area contributed by atoms with Crippen LogP contribution in [0.15, 0.2) is 5.16 Å². The van der Waals surface area contributed by atoms with Crippen molar-refractivity contribution < 1.29 is 14.3 Å². The zero-order chi connectivity index (χ0) is 11.4. The molecule has 0 unspecified atom stereocenters. The Bertz CT molecular complexity index is 384. The fourth-order valence-corrected chi connectivity index (χ4v) is 1.33. The maximum absolute atomic E-state index is 11.3. The average Bonchev–Trinajstić information content (AvgIpc) is 2.26. The number of carbonyl (C=O) groups excluding carboxylic acids is 1. The number of thioether (sulfide) groups is 1. The first-order valence-electron chi connectivity index (χ1n) is 3.97. The molecule has 1 heterocycles. The van der Waals surface area contributed by atoms with Crippen molar-refractivity contribution in [2.24, 2.45) is 0 Å². The highest BCUT2D eigenvalue weighted by atomic mass is 32.2. The van der Waals surface area contributed by atoms with Crippen LogP contribution in [0.2, 0.25) is 0 Å². The Morgan fingerprint density at radius 1 is 1.40 bits per heavy atom. The number of hydrogen-bond acceptors (Lipinski definition) is 7. The first-order chi connectivity index (χ1) is 7.13. The lowest BCUT2D eigenvalue weighted by Gasteiger charge is -2.08. The van der Waals surface area contributed by atoms with Gasteiger partial charge in [0.1, 0.15) is 5.82 Å². The van der Waals surface area contributed by atoms with E-state index in [9.17, 15) is 4.79 Å². The molecular formula is C8H11N3O3S. The van der Waals surface area contributed by atoms with Crippen molar-refractivity contribution in [1.82, 2.24) is 9.97 Å². The topological polar surface area (TPSA) is 87.3 Å². The number of hydrogen-bond donors (Lipinski definition) is 1. The molecule has 82 valence electrons. The van der Waals surface area contributed by atoms with E-state index in [4.69, 9.17) is 10.5 Å². The number of ether oxygens (including phenoxy) is 2. The van der Waals surface area contributed by atoms with Crippen LogP contribution in [0.3, 0.4) is 0 Å². The van der Waals surface area contributed by atoms with Crippen molar-refractivity contribution >= 4 is 23.5 Å². The third-order valence-electron chi connectivity index (χ3n) is 1.65. The van der Waals surface area contributed by atoms with Gasteiger partial charge < -0.3 is 15.2 Å². The molecule has 0 radical (unpaired) electrons. The Kier molecular flexibility index (Phi) is 3.73. The second-order valence-corrected chi connectivity index (χ2v) is 3.24. The van der Waals surface area contributed by atoms with Gasteiger partial charge in [-0.1, -0.05) is 11.8 Å². The highest BCUT2D eigenvalue weighted by molar-refractivity contribution is 7.98. The van der Waals surface area contributed by atoms with Gasteiger partial charge >= 0.3 is 5.97 Å². The summed E-state index contributed by atoms with van der Waals surface area (Å²) in [4.78, 5) is 19.3. The normalized spacial score (nSPS) is 9.80. The Morgan fingerprint density at radius 2 is 2.07 bits per heavy atom. The summed E-state index contributed by atoms with van der Waals surface area (Å²) < 4.78 is 9.49. The predicted octanol–water partition coefficient (Wildman–Crippen LogP) is 0.576. The number of esters is 1. The lowest BCUT2D eigenvalue weighted by atomic mass is 10.3. The molecule has 2 N–H and O–H groups in total. The zero-order valence-electron chi connectivity index (χ0n) is 8.60. The van der Waals surface area contributed by atoms with Crippen LogP contribution in [-0.2, 0) is 4.74 Å². The van der Waals surface area contributed by atoms with Gasteiger partial charge in [-0.05, 0) is 6.26 Å². The summed E-state index contributed by atoms with van der Waals surface area (Å²) in [7, 11) is 2.65. The molecule has 0 aliphatic rings. The van der Waals surface area contributed by atoms with Gasteiger partial charge in [0.2, 0.25) is 5.88 Å². The second-order valence-electron chi connectivity index (χ2n) is 2.47. The fourth-order valence-electron chi connectivity index (χ4n) is 0.969. The van der Waals surface area contributed by atoms with Crippen LogP contribution in [-0.4, -0.2) is 36.4 Å². The molecule has 0 aliphatic heterocycles. The van der Waals surface area contributed by atoms with Gasteiger partial charge in [-0.25, -0.2) is 9.78 Å². The number of nitrogens with two attached hydrogens (primary N) is 1. The van der Waals surface area contributed by atoms with E-state index in [1.807, 2.05) is 0 Å². The monoisotopic (exact) mass is 229 g/mol. The number of methoxy groups -OCH3 is 2. The van der Waals surface area contributed by atoms with Crippen molar-refractivity contribution in [3.05, 3.63) is 5.56 Å². The first kappa shape index (κ1) is 11.6.